The van der Waals surface area contributed by atoms with Crippen molar-refractivity contribution in [1.82, 2.24) is 0 Å². The lowest BCUT2D eigenvalue weighted by Crippen LogP contribution is -1.99. The van der Waals surface area contributed by atoms with Gasteiger partial charge in [-0.05, 0) is 22.4 Å². The van der Waals surface area contributed by atoms with Crippen molar-refractivity contribution in [2.75, 3.05) is 7.11 Å². The molecule has 0 amide bonds. The van der Waals surface area contributed by atoms with Crippen LogP contribution in [-0.2, 0) is 6.61 Å². The molecule has 0 fully saturated rings. The van der Waals surface area contributed by atoms with Crippen molar-refractivity contribution < 1.29 is 14.4 Å². The Labute approximate surface area is 133 Å². The zero-order valence-corrected chi connectivity index (χ0v) is 12.6. The van der Waals surface area contributed by atoms with Gasteiger partial charge in [0, 0.05) is 6.07 Å². The molecule has 3 aromatic carbocycles. The second kappa shape index (κ2) is 6.36. The zero-order chi connectivity index (χ0) is 16.2. The molecule has 0 aliphatic rings. The van der Waals surface area contributed by atoms with Crippen molar-refractivity contribution in [3.05, 3.63) is 76.3 Å². The molecule has 0 unspecified atom stereocenters. The number of hydrogen-bond acceptors (Lipinski definition) is 4. The number of nitro benzene ring substituents is 1. The third-order valence-electron chi connectivity index (χ3n) is 3.62. The summed E-state index contributed by atoms with van der Waals surface area (Å²) in [4.78, 5) is 10.4. The minimum Gasteiger partial charge on any atom is -0.493 e. The van der Waals surface area contributed by atoms with Gasteiger partial charge in [-0.3, -0.25) is 10.1 Å². The Bertz CT molecular complexity index is 855. The van der Waals surface area contributed by atoms with Gasteiger partial charge in [-0.25, -0.2) is 0 Å². The third kappa shape index (κ3) is 3.08. The number of benzene rings is 3. The maximum absolute atomic E-state index is 10.8. The van der Waals surface area contributed by atoms with Gasteiger partial charge in [0.15, 0.2) is 11.5 Å². The number of hydrogen-bond donors (Lipinski definition) is 0. The van der Waals surface area contributed by atoms with Crippen LogP contribution in [0.25, 0.3) is 10.8 Å². The van der Waals surface area contributed by atoms with E-state index in [1.54, 1.807) is 6.07 Å². The Kier molecular flexibility index (Phi) is 4.10. The number of non-ortho nitro benzene ring substituents is 1. The molecule has 0 aliphatic carbocycles. The fraction of sp³-hybridized carbons (Fsp3) is 0.111. The van der Waals surface area contributed by atoms with Gasteiger partial charge in [0.2, 0.25) is 0 Å². The monoisotopic (exact) mass is 309 g/mol. The molecule has 0 aliphatic heterocycles. The van der Waals surface area contributed by atoms with Gasteiger partial charge in [0.1, 0.15) is 6.61 Å². The highest BCUT2D eigenvalue weighted by molar-refractivity contribution is 5.85. The molecular formula is C18H15NO4. The number of nitro groups is 1. The first-order valence-electron chi connectivity index (χ1n) is 7.11. The lowest BCUT2D eigenvalue weighted by Gasteiger charge is -2.12. The second-order valence-corrected chi connectivity index (χ2v) is 5.02. The predicted molar refractivity (Wildman–Crippen MR) is 87.9 cm³/mol. The van der Waals surface area contributed by atoms with Crippen LogP contribution >= 0.6 is 0 Å². The molecule has 0 saturated heterocycles. The minimum atomic E-state index is -0.461. The molecule has 0 heterocycles. The number of fused-ring (bicyclic) bond motifs is 1. The Balaban J connectivity index is 1.86. The zero-order valence-electron chi connectivity index (χ0n) is 12.6. The van der Waals surface area contributed by atoms with Crippen molar-refractivity contribution in [2.24, 2.45) is 0 Å². The van der Waals surface area contributed by atoms with Crippen molar-refractivity contribution in [3.8, 4) is 11.5 Å². The quantitative estimate of drug-likeness (QED) is 0.519. The Morgan fingerprint density at radius 3 is 2.57 bits per heavy atom. The van der Waals surface area contributed by atoms with E-state index in [0.717, 1.165) is 16.3 Å². The lowest BCUT2D eigenvalue weighted by molar-refractivity contribution is -0.385. The van der Waals surface area contributed by atoms with E-state index in [1.165, 1.54) is 19.2 Å². The van der Waals surface area contributed by atoms with E-state index in [0.29, 0.717) is 18.1 Å². The average molecular weight is 309 g/mol. The van der Waals surface area contributed by atoms with E-state index >= 15 is 0 Å². The van der Waals surface area contributed by atoms with Crippen LogP contribution in [0.2, 0.25) is 0 Å². The smallest absolute Gasteiger partial charge is 0.273 e. The minimum absolute atomic E-state index is 0.0284. The maximum Gasteiger partial charge on any atom is 0.273 e. The third-order valence-corrected chi connectivity index (χ3v) is 3.62. The summed E-state index contributed by atoms with van der Waals surface area (Å²) in [7, 11) is 1.46. The molecule has 5 nitrogen and oxygen atoms in total. The molecule has 23 heavy (non-hydrogen) atoms. The van der Waals surface area contributed by atoms with E-state index in [2.05, 4.69) is 0 Å². The van der Waals surface area contributed by atoms with Gasteiger partial charge in [-0.15, -0.1) is 0 Å². The molecule has 0 saturated carbocycles. The highest BCUT2D eigenvalue weighted by atomic mass is 16.6. The van der Waals surface area contributed by atoms with Crippen molar-refractivity contribution >= 4 is 16.5 Å². The Hall–Kier alpha value is -3.08. The van der Waals surface area contributed by atoms with E-state index in [9.17, 15) is 10.1 Å². The molecule has 0 spiro atoms. The largest absolute Gasteiger partial charge is 0.493 e. The van der Waals surface area contributed by atoms with E-state index < -0.39 is 4.92 Å². The lowest BCUT2D eigenvalue weighted by atomic mass is 10.1. The first-order valence-corrected chi connectivity index (χ1v) is 7.11. The van der Waals surface area contributed by atoms with Gasteiger partial charge >= 0.3 is 0 Å². The summed E-state index contributed by atoms with van der Waals surface area (Å²) in [6, 6.07) is 18.4. The first kappa shape index (κ1) is 14.8. The van der Waals surface area contributed by atoms with Gasteiger partial charge < -0.3 is 9.47 Å². The van der Waals surface area contributed by atoms with Gasteiger partial charge in [-0.2, -0.15) is 0 Å². The van der Waals surface area contributed by atoms with Gasteiger partial charge in [0.25, 0.3) is 5.69 Å². The highest BCUT2D eigenvalue weighted by Gasteiger charge is 2.12. The van der Waals surface area contributed by atoms with E-state index in [4.69, 9.17) is 9.47 Å². The van der Waals surface area contributed by atoms with Crippen LogP contribution in [0.15, 0.2) is 60.7 Å². The van der Waals surface area contributed by atoms with Crippen LogP contribution in [0.3, 0.4) is 0 Å². The van der Waals surface area contributed by atoms with Crippen LogP contribution in [0.4, 0.5) is 5.69 Å². The van der Waals surface area contributed by atoms with Crippen molar-refractivity contribution in [2.45, 2.75) is 6.61 Å². The summed E-state index contributed by atoms with van der Waals surface area (Å²) in [6.45, 7) is 0.357. The van der Waals surface area contributed by atoms with E-state index in [1.807, 2.05) is 42.5 Å². The number of nitrogens with zero attached hydrogens (tertiary/aromatic N) is 1. The Morgan fingerprint density at radius 2 is 1.78 bits per heavy atom. The predicted octanol–water partition coefficient (Wildman–Crippen LogP) is 4.34. The molecule has 0 radical (unpaired) electrons. The number of rotatable bonds is 5. The molecule has 3 rings (SSSR count). The molecule has 116 valence electrons. The number of methoxy groups -OCH3 is 1. The fourth-order valence-corrected chi connectivity index (χ4v) is 2.46. The summed E-state index contributed by atoms with van der Waals surface area (Å²) in [5.74, 6) is 0.825. The SMILES string of the molecule is COc1cc([N+](=O)[O-])ccc1OCc1cccc2ccccc12. The standard InChI is InChI=1S/C18H15NO4/c1-22-18-11-15(19(20)21)9-10-17(18)23-12-14-7-4-6-13-5-2-3-8-16(13)14/h2-11H,12H2,1H3. The topological polar surface area (TPSA) is 61.6 Å². The summed E-state index contributed by atoms with van der Waals surface area (Å²) in [5, 5.41) is 13.1. The molecule has 0 N–H and O–H groups in total. The first-order chi connectivity index (χ1) is 11.2. The average Bonchev–Trinajstić information content (AvgIpc) is 2.59. The van der Waals surface area contributed by atoms with Crippen LogP contribution in [0, 0.1) is 10.1 Å². The molecule has 3 aromatic rings. The van der Waals surface area contributed by atoms with Crippen LogP contribution in [0.1, 0.15) is 5.56 Å². The van der Waals surface area contributed by atoms with Crippen LogP contribution in [-0.4, -0.2) is 12.0 Å². The van der Waals surface area contributed by atoms with Crippen molar-refractivity contribution in [3.63, 3.8) is 0 Å². The van der Waals surface area contributed by atoms with Crippen LogP contribution in [0.5, 0.6) is 11.5 Å². The van der Waals surface area contributed by atoms with E-state index in [-0.39, 0.29) is 5.69 Å². The molecule has 0 atom stereocenters. The summed E-state index contributed by atoms with van der Waals surface area (Å²) >= 11 is 0. The summed E-state index contributed by atoms with van der Waals surface area (Å²) in [6.07, 6.45) is 0. The second-order valence-electron chi connectivity index (χ2n) is 5.02. The van der Waals surface area contributed by atoms with Gasteiger partial charge in [0.05, 0.1) is 18.1 Å². The number of ether oxygens (including phenoxy) is 2. The molecule has 0 aromatic heterocycles. The summed E-state index contributed by atoms with van der Waals surface area (Å²) < 4.78 is 11.0. The maximum atomic E-state index is 10.8. The fourth-order valence-electron chi connectivity index (χ4n) is 2.46. The van der Waals surface area contributed by atoms with Crippen molar-refractivity contribution in [1.29, 1.82) is 0 Å². The molecule has 0 bridgehead atoms. The van der Waals surface area contributed by atoms with Crippen LogP contribution < -0.4 is 9.47 Å². The summed E-state index contributed by atoms with van der Waals surface area (Å²) in [5.41, 5.74) is 1.02. The molecular weight excluding hydrogens is 294 g/mol. The Morgan fingerprint density at radius 1 is 1.00 bits per heavy atom. The van der Waals surface area contributed by atoms with Gasteiger partial charge in [-0.1, -0.05) is 42.5 Å². The highest BCUT2D eigenvalue weighted by Crippen LogP contribution is 2.32. The molecule has 5 heteroatoms. The normalized spacial score (nSPS) is 10.5.